The molecule has 10 heteroatoms. The van der Waals surface area contributed by atoms with Crippen molar-refractivity contribution in [3.63, 3.8) is 0 Å². The molecule has 1 aliphatic rings. The Labute approximate surface area is 116 Å². The summed E-state index contributed by atoms with van der Waals surface area (Å²) in [6, 6.07) is -0.351. The summed E-state index contributed by atoms with van der Waals surface area (Å²) in [5.41, 5.74) is 5.84. The number of nitrogens with one attached hydrogen (secondary N) is 1. The Morgan fingerprint density at radius 3 is 2.42 bits per heavy atom. The van der Waals surface area contributed by atoms with Crippen LogP contribution in [0.15, 0.2) is 4.21 Å². The van der Waals surface area contributed by atoms with Gasteiger partial charge in [0.05, 0.1) is 17.2 Å². The van der Waals surface area contributed by atoms with E-state index in [-0.39, 0.29) is 26.9 Å². The van der Waals surface area contributed by atoms with Gasteiger partial charge in [0.25, 0.3) is 10.0 Å². The van der Waals surface area contributed by atoms with Gasteiger partial charge in [-0.1, -0.05) is 11.3 Å². The number of aromatic nitrogens is 1. The molecule has 0 radical (unpaired) electrons. The summed E-state index contributed by atoms with van der Waals surface area (Å²) in [5, 5.41) is 0.198. The number of hydrogen-bond donors (Lipinski definition) is 2. The van der Waals surface area contributed by atoms with Gasteiger partial charge >= 0.3 is 0 Å². The predicted molar refractivity (Wildman–Crippen MR) is 73.3 cm³/mol. The first-order valence-corrected chi connectivity index (χ1v) is 9.77. The number of rotatable bonds is 3. The molecular formula is C9H15N3O4S3. The summed E-state index contributed by atoms with van der Waals surface area (Å²) in [7, 11) is -6.68. The number of nitrogen functional groups attached to an aromatic ring is 1. The second-order valence-corrected chi connectivity index (χ2v) is 9.72. The van der Waals surface area contributed by atoms with Crippen LogP contribution in [0.4, 0.5) is 5.13 Å². The van der Waals surface area contributed by atoms with Gasteiger partial charge in [-0.05, 0) is 19.8 Å². The Morgan fingerprint density at radius 2 is 1.95 bits per heavy atom. The van der Waals surface area contributed by atoms with Crippen LogP contribution in [0.3, 0.4) is 0 Å². The molecule has 108 valence electrons. The predicted octanol–water partition coefficient (Wildman–Crippen LogP) is -0.111. The fourth-order valence-corrected chi connectivity index (χ4v) is 6.05. The minimum absolute atomic E-state index is 0.0179. The topological polar surface area (TPSA) is 119 Å². The summed E-state index contributed by atoms with van der Waals surface area (Å²) in [5.74, 6) is 0.0357. The zero-order valence-corrected chi connectivity index (χ0v) is 12.7. The van der Waals surface area contributed by atoms with Crippen LogP contribution in [0, 0.1) is 6.92 Å². The van der Waals surface area contributed by atoms with Gasteiger partial charge in [-0.15, -0.1) is 0 Å². The Balaban J connectivity index is 2.13. The number of sulfonamides is 1. The minimum atomic E-state index is -3.68. The lowest BCUT2D eigenvalue weighted by Crippen LogP contribution is -2.40. The smallest absolute Gasteiger partial charge is 0.252 e. The van der Waals surface area contributed by atoms with Crippen molar-refractivity contribution >= 4 is 36.3 Å². The molecule has 1 saturated heterocycles. The zero-order chi connectivity index (χ0) is 14.3. The molecule has 0 amide bonds. The number of thiazole rings is 1. The molecule has 3 N–H and O–H groups in total. The molecule has 19 heavy (non-hydrogen) atoms. The minimum Gasteiger partial charge on any atom is -0.375 e. The highest BCUT2D eigenvalue weighted by molar-refractivity contribution is 7.92. The first kappa shape index (κ1) is 14.7. The molecule has 0 aromatic carbocycles. The average molecular weight is 325 g/mol. The largest absolute Gasteiger partial charge is 0.375 e. The molecule has 1 aromatic heterocycles. The highest BCUT2D eigenvalue weighted by Crippen LogP contribution is 2.25. The Kier molecular flexibility index (Phi) is 3.87. The quantitative estimate of drug-likeness (QED) is 0.800. The number of hydrogen-bond acceptors (Lipinski definition) is 7. The van der Waals surface area contributed by atoms with Crippen LogP contribution in [0.1, 0.15) is 18.5 Å². The molecule has 1 aromatic rings. The number of nitrogens with zero attached hydrogens (tertiary/aromatic N) is 1. The summed E-state index contributed by atoms with van der Waals surface area (Å²) in [6.07, 6.45) is 0.601. The van der Waals surface area contributed by atoms with Crippen LogP contribution in [-0.4, -0.2) is 39.4 Å². The molecule has 1 aliphatic heterocycles. The van der Waals surface area contributed by atoms with Crippen molar-refractivity contribution in [3.05, 3.63) is 5.69 Å². The van der Waals surface area contributed by atoms with Gasteiger partial charge in [0, 0.05) is 6.04 Å². The highest BCUT2D eigenvalue weighted by Gasteiger charge is 2.29. The van der Waals surface area contributed by atoms with E-state index >= 15 is 0 Å². The molecule has 0 atom stereocenters. The molecule has 0 unspecified atom stereocenters. The second kappa shape index (κ2) is 5.00. The SMILES string of the molecule is Cc1nc(N)sc1S(=O)(=O)NC1CCS(=O)(=O)CC1. The molecular weight excluding hydrogens is 310 g/mol. The van der Waals surface area contributed by atoms with Crippen LogP contribution < -0.4 is 10.5 Å². The monoisotopic (exact) mass is 325 g/mol. The third-order valence-electron chi connectivity index (χ3n) is 2.89. The van der Waals surface area contributed by atoms with E-state index < -0.39 is 19.9 Å². The van der Waals surface area contributed by atoms with Crippen LogP contribution in [0.25, 0.3) is 0 Å². The van der Waals surface area contributed by atoms with Crippen LogP contribution in [0.5, 0.6) is 0 Å². The van der Waals surface area contributed by atoms with Gasteiger partial charge in [-0.25, -0.2) is 26.5 Å². The lowest BCUT2D eigenvalue weighted by molar-refractivity contribution is 0.506. The van der Waals surface area contributed by atoms with Crippen molar-refractivity contribution in [3.8, 4) is 0 Å². The molecule has 2 rings (SSSR count). The van der Waals surface area contributed by atoms with Crippen molar-refractivity contribution in [2.75, 3.05) is 17.2 Å². The maximum Gasteiger partial charge on any atom is 0.252 e. The third kappa shape index (κ3) is 3.44. The summed E-state index contributed by atoms with van der Waals surface area (Å²) < 4.78 is 49.5. The fourth-order valence-electron chi connectivity index (χ4n) is 1.93. The highest BCUT2D eigenvalue weighted by atomic mass is 32.2. The maximum absolute atomic E-state index is 12.2. The average Bonchev–Trinajstić information content (AvgIpc) is 2.62. The third-order valence-corrected chi connectivity index (χ3v) is 7.72. The van der Waals surface area contributed by atoms with E-state index in [1.54, 1.807) is 6.92 Å². The molecule has 0 bridgehead atoms. The Bertz CT molecular complexity index is 664. The van der Waals surface area contributed by atoms with E-state index in [0.717, 1.165) is 11.3 Å². The Morgan fingerprint density at radius 1 is 1.37 bits per heavy atom. The Hall–Kier alpha value is -0.710. The van der Waals surface area contributed by atoms with Crippen molar-refractivity contribution in [1.29, 1.82) is 0 Å². The number of aryl methyl sites for hydroxylation is 1. The first-order valence-electron chi connectivity index (χ1n) is 5.65. The van der Waals surface area contributed by atoms with Gasteiger partial charge in [-0.2, -0.15) is 0 Å². The number of nitrogens with two attached hydrogens (primary N) is 1. The van der Waals surface area contributed by atoms with Crippen molar-refractivity contribution < 1.29 is 16.8 Å². The van der Waals surface area contributed by atoms with E-state index in [9.17, 15) is 16.8 Å². The van der Waals surface area contributed by atoms with E-state index in [1.807, 2.05) is 0 Å². The van der Waals surface area contributed by atoms with E-state index in [2.05, 4.69) is 9.71 Å². The van der Waals surface area contributed by atoms with Gasteiger partial charge < -0.3 is 5.73 Å². The van der Waals surface area contributed by atoms with E-state index in [4.69, 9.17) is 5.73 Å². The second-order valence-electron chi connectivity index (χ2n) is 4.47. The standard InChI is InChI=1S/C9H15N3O4S3/c1-6-8(17-9(10)11-6)19(15,16)12-7-2-4-18(13,14)5-3-7/h7,12H,2-5H2,1H3,(H2,10,11). The number of anilines is 1. The number of sulfone groups is 1. The van der Waals surface area contributed by atoms with Gasteiger partial charge in [0.15, 0.2) is 9.34 Å². The van der Waals surface area contributed by atoms with E-state index in [1.165, 1.54) is 0 Å². The van der Waals surface area contributed by atoms with E-state index in [0.29, 0.717) is 18.5 Å². The molecule has 7 nitrogen and oxygen atoms in total. The van der Waals surface area contributed by atoms with Crippen molar-refractivity contribution in [2.45, 2.75) is 30.0 Å². The van der Waals surface area contributed by atoms with Gasteiger partial charge in [0.2, 0.25) is 0 Å². The lowest BCUT2D eigenvalue weighted by Gasteiger charge is -2.22. The molecule has 0 spiro atoms. The van der Waals surface area contributed by atoms with Crippen molar-refractivity contribution in [1.82, 2.24) is 9.71 Å². The molecule has 1 fully saturated rings. The summed E-state index contributed by atoms with van der Waals surface area (Å²) in [6.45, 7) is 1.58. The van der Waals surface area contributed by atoms with Crippen LogP contribution in [0.2, 0.25) is 0 Å². The molecule has 0 saturated carbocycles. The fraction of sp³-hybridized carbons (Fsp3) is 0.667. The lowest BCUT2D eigenvalue weighted by atomic mass is 10.2. The molecule has 2 heterocycles. The first-order chi connectivity index (χ1) is 8.70. The van der Waals surface area contributed by atoms with Crippen LogP contribution in [-0.2, 0) is 19.9 Å². The van der Waals surface area contributed by atoms with Gasteiger partial charge in [0.1, 0.15) is 9.84 Å². The van der Waals surface area contributed by atoms with Gasteiger partial charge in [-0.3, -0.25) is 0 Å². The summed E-state index contributed by atoms with van der Waals surface area (Å²) >= 11 is 0.908. The molecule has 0 aliphatic carbocycles. The summed E-state index contributed by atoms with van der Waals surface area (Å²) in [4.78, 5) is 3.87. The zero-order valence-electron chi connectivity index (χ0n) is 10.3. The maximum atomic E-state index is 12.2. The normalized spacial score (nSPS) is 20.5. The van der Waals surface area contributed by atoms with Crippen LogP contribution >= 0.6 is 11.3 Å². The van der Waals surface area contributed by atoms with Crippen molar-refractivity contribution in [2.24, 2.45) is 0 Å².